The molecule has 2 rings (SSSR count). The van der Waals surface area contributed by atoms with Gasteiger partial charge in [0.25, 0.3) is 0 Å². The number of allylic oxidation sites excluding steroid dienone is 4. The molecule has 2 aromatic carbocycles. The normalized spacial score (nSPS) is 12.2. The summed E-state index contributed by atoms with van der Waals surface area (Å²) in [4.78, 5) is 23.2. The second-order valence-corrected chi connectivity index (χ2v) is 9.27. The van der Waals surface area contributed by atoms with E-state index in [0.29, 0.717) is 29.9 Å². The number of ether oxygens (including phenoxy) is 2. The van der Waals surface area contributed by atoms with Gasteiger partial charge in [0.15, 0.2) is 0 Å². The van der Waals surface area contributed by atoms with Gasteiger partial charge in [-0.05, 0) is 87.9 Å². The number of carbonyl (C=O) groups excluding carboxylic acids is 2. The standard InChI is InChI=1S/C31H35FO4/c1-8-24(25-13-11-23(12-14-25)10-9-19-35-29(33)21(2)3)20-28(32)31(6,7)26-15-17-27(18-16-26)36-30(34)22(4)5/h8,11-18,20H,2,4,9-10,19H2,1,3,5-7H3/b24-8+,28-20+. The van der Waals surface area contributed by atoms with Gasteiger partial charge >= 0.3 is 11.9 Å². The van der Waals surface area contributed by atoms with Gasteiger partial charge in [-0.15, -0.1) is 0 Å². The Bertz CT molecular complexity index is 1170. The molecule has 0 saturated carbocycles. The first-order valence-electron chi connectivity index (χ1n) is 11.9. The molecule has 0 bridgehead atoms. The molecule has 190 valence electrons. The lowest BCUT2D eigenvalue weighted by Crippen LogP contribution is -2.18. The summed E-state index contributed by atoms with van der Waals surface area (Å²) in [6.07, 6.45) is 4.91. The summed E-state index contributed by atoms with van der Waals surface area (Å²) in [6.45, 7) is 16.2. The molecule has 0 aliphatic rings. The number of hydrogen-bond donors (Lipinski definition) is 0. The highest BCUT2D eigenvalue weighted by molar-refractivity contribution is 5.88. The summed E-state index contributed by atoms with van der Waals surface area (Å²) in [7, 11) is 0. The lowest BCUT2D eigenvalue weighted by Gasteiger charge is -2.24. The third kappa shape index (κ3) is 7.91. The minimum absolute atomic E-state index is 0.286. The lowest BCUT2D eigenvalue weighted by molar-refractivity contribution is -0.139. The molecule has 0 atom stereocenters. The van der Waals surface area contributed by atoms with Gasteiger partial charge in [-0.2, -0.15) is 0 Å². The van der Waals surface area contributed by atoms with Gasteiger partial charge in [0.1, 0.15) is 11.6 Å². The topological polar surface area (TPSA) is 52.6 Å². The van der Waals surface area contributed by atoms with Crippen molar-refractivity contribution >= 4 is 17.5 Å². The average Bonchev–Trinajstić information content (AvgIpc) is 2.85. The van der Waals surface area contributed by atoms with E-state index in [1.54, 1.807) is 44.2 Å². The van der Waals surface area contributed by atoms with Gasteiger partial charge in [-0.3, -0.25) is 0 Å². The number of hydrogen-bond acceptors (Lipinski definition) is 4. The second kappa shape index (κ2) is 12.8. The molecule has 0 aliphatic heterocycles. The van der Waals surface area contributed by atoms with E-state index in [2.05, 4.69) is 13.2 Å². The van der Waals surface area contributed by atoms with Crippen molar-refractivity contribution < 1.29 is 23.5 Å². The van der Waals surface area contributed by atoms with Crippen LogP contribution in [0.25, 0.3) is 5.57 Å². The van der Waals surface area contributed by atoms with E-state index in [0.717, 1.165) is 28.7 Å². The predicted molar refractivity (Wildman–Crippen MR) is 143 cm³/mol. The molecule has 0 aromatic heterocycles. The van der Waals surface area contributed by atoms with Crippen molar-refractivity contribution in [2.45, 2.75) is 52.9 Å². The highest BCUT2D eigenvalue weighted by atomic mass is 19.1. The predicted octanol–water partition coefficient (Wildman–Crippen LogP) is 7.45. The Morgan fingerprint density at radius 1 is 0.944 bits per heavy atom. The van der Waals surface area contributed by atoms with Gasteiger partial charge in [-0.25, -0.2) is 14.0 Å². The minimum Gasteiger partial charge on any atom is -0.462 e. The third-order valence-electron chi connectivity index (χ3n) is 5.80. The van der Waals surface area contributed by atoms with Gasteiger partial charge in [0.05, 0.1) is 6.61 Å². The molecule has 0 radical (unpaired) electrons. The van der Waals surface area contributed by atoms with Crippen LogP contribution in [0.5, 0.6) is 5.75 Å². The molecule has 0 fully saturated rings. The Morgan fingerprint density at radius 3 is 2.06 bits per heavy atom. The van der Waals surface area contributed by atoms with Gasteiger partial charge in [0, 0.05) is 16.6 Å². The average molecular weight is 491 g/mol. The first kappa shape index (κ1) is 28.5. The fourth-order valence-electron chi connectivity index (χ4n) is 3.35. The molecule has 0 unspecified atom stereocenters. The molecule has 0 spiro atoms. The van der Waals surface area contributed by atoms with Crippen LogP contribution in [0.3, 0.4) is 0 Å². The highest BCUT2D eigenvalue weighted by Crippen LogP contribution is 2.35. The maximum absolute atomic E-state index is 15.5. The largest absolute Gasteiger partial charge is 0.462 e. The Kier molecular flexibility index (Phi) is 10.2. The third-order valence-corrected chi connectivity index (χ3v) is 5.80. The number of aryl methyl sites for hydroxylation is 1. The van der Waals surface area contributed by atoms with Gasteiger partial charge < -0.3 is 9.47 Å². The Morgan fingerprint density at radius 2 is 1.53 bits per heavy atom. The van der Waals surface area contributed by atoms with E-state index >= 15 is 4.39 Å². The van der Waals surface area contributed by atoms with Crippen LogP contribution in [0.15, 0.2) is 90.8 Å². The number of carbonyl (C=O) groups is 2. The zero-order chi connectivity index (χ0) is 26.9. The maximum atomic E-state index is 15.5. The van der Waals surface area contributed by atoms with Gasteiger partial charge in [-0.1, -0.05) is 55.6 Å². The van der Waals surface area contributed by atoms with E-state index in [9.17, 15) is 9.59 Å². The van der Waals surface area contributed by atoms with Crippen molar-refractivity contribution in [2.75, 3.05) is 6.61 Å². The van der Waals surface area contributed by atoms with Crippen molar-refractivity contribution in [1.82, 2.24) is 0 Å². The van der Waals surface area contributed by atoms with Crippen LogP contribution in [-0.4, -0.2) is 18.5 Å². The summed E-state index contributed by atoms with van der Waals surface area (Å²) in [5, 5.41) is 0. The first-order valence-corrected chi connectivity index (χ1v) is 11.9. The number of halogens is 1. The SMILES string of the molecule is C=C(C)C(=O)OCCCc1ccc(C(=C/C)/C=C(/F)C(C)(C)c2ccc(OC(=O)C(=C)C)cc2)cc1. The van der Waals surface area contributed by atoms with Crippen molar-refractivity contribution in [3.8, 4) is 5.75 Å². The zero-order valence-electron chi connectivity index (χ0n) is 21.8. The Balaban J connectivity index is 2.08. The summed E-state index contributed by atoms with van der Waals surface area (Å²) < 4.78 is 25.8. The number of benzene rings is 2. The molecule has 0 aliphatic carbocycles. The molecule has 5 heteroatoms. The summed E-state index contributed by atoms with van der Waals surface area (Å²) in [5.74, 6) is -0.772. The fourth-order valence-corrected chi connectivity index (χ4v) is 3.35. The Hall–Kier alpha value is -3.73. The van der Waals surface area contributed by atoms with Crippen LogP contribution in [0, 0.1) is 0 Å². The lowest BCUT2D eigenvalue weighted by atomic mass is 9.82. The molecule has 2 aromatic rings. The minimum atomic E-state index is -0.883. The van der Waals surface area contributed by atoms with Crippen LogP contribution in [-0.2, 0) is 26.2 Å². The number of rotatable bonds is 11. The van der Waals surface area contributed by atoms with E-state index in [4.69, 9.17) is 9.47 Å². The van der Waals surface area contributed by atoms with E-state index in [1.807, 2.05) is 51.1 Å². The van der Waals surface area contributed by atoms with Crippen molar-refractivity contribution in [3.63, 3.8) is 0 Å². The molecule has 0 saturated heterocycles. The first-order chi connectivity index (χ1) is 16.9. The van der Waals surface area contributed by atoms with E-state index < -0.39 is 11.4 Å². The summed E-state index contributed by atoms with van der Waals surface area (Å²) in [5.41, 5.74) is 3.36. The smallest absolute Gasteiger partial charge is 0.338 e. The molecular weight excluding hydrogens is 455 g/mol. The second-order valence-electron chi connectivity index (χ2n) is 9.27. The van der Waals surface area contributed by atoms with Crippen LogP contribution >= 0.6 is 0 Å². The molecule has 0 amide bonds. The maximum Gasteiger partial charge on any atom is 0.338 e. The van der Waals surface area contributed by atoms with Crippen LogP contribution < -0.4 is 4.74 Å². The van der Waals surface area contributed by atoms with Crippen molar-refractivity contribution in [3.05, 3.63) is 108 Å². The zero-order valence-corrected chi connectivity index (χ0v) is 21.8. The molecule has 0 heterocycles. The fraction of sp³-hybridized carbons (Fsp3) is 0.290. The van der Waals surface area contributed by atoms with Crippen molar-refractivity contribution in [2.24, 2.45) is 0 Å². The van der Waals surface area contributed by atoms with Gasteiger partial charge in [0.2, 0.25) is 0 Å². The van der Waals surface area contributed by atoms with E-state index in [-0.39, 0.29) is 11.8 Å². The molecule has 0 N–H and O–H groups in total. The van der Waals surface area contributed by atoms with E-state index in [1.165, 1.54) is 0 Å². The quantitative estimate of drug-likeness (QED) is 0.108. The molecule has 4 nitrogen and oxygen atoms in total. The monoisotopic (exact) mass is 490 g/mol. The van der Waals surface area contributed by atoms with Crippen LogP contribution in [0.2, 0.25) is 0 Å². The van der Waals surface area contributed by atoms with Crippen LogP contribution in [0.4, 0.5) is 4.39 Å². The molecule has 36 heavy (non-hydrogen) atoms. The number of esters is 2. The summed E-state index contributed by atoms with van der Waals surface area (Å²) in [6, 6.07) is 14.7. The van der Waals surface area contributed by atoms with Crippen molar-refractivity contribution in [1.29, 1.82) is 0 Å². The molecular formula is C31H35FO4. The van der Waals surface area contributed by atoms with Crippen LogP contribution in [0.1, 0.15) is 57.7 Å². The summed E-state index contributed by atoms with van der Waals surface area (Å²) >= 11 is 0. The highest BCUT2D eigenvalue weighted by Gasteiger charge is 2.27. The Labute approximate surface area is 213 Å².